The van der Waals surface area contributed by atoms with Gasteiger partial charge in [-0.25, -0.2) is 4.39 Å². The lowest BCUT2D eigenvalue weighted by Gasteiger charge is -2.01. The molecule has 16 heavy (non-hydrogen) atoms. The Bertz CT molecular complexity index is 580. The number of benzene rings is 1. The van der Waals surface area contributed by atoms with Crippen LogP contribution in [0.15, 0.2) is 30.4 Å². The summed E-state index contributed by atoms with van der Waals surface area (Å²) in [6.07, 6.45) is 4.97. The maximum Gasteiger partial charge on any atom is 0.178 e. The van der Waals surface area contributed by atoms with E-state index in [0.717, 1.165) is 24.0 Å². The van der Waals surface area contributed by atoms with Crippen LogP contribution >= 0.6 is 12.2 Å². The lowest BCUT2D eigenvalue weighted by molar-refractivity contribution is 0.627. The van der Waals surface area contributed by atoms with Crippen LogP contribution in [0.25, 0.3) is 11.0 Å². The van der Waals surface area contributed by atoms with Crippen molar-refractivity contribution in [2.75, 3.05) is 0 Å². The molecule has 0 amide bonds. The van der Waals surface area contributed by atoms with Crippen molar-refractivity contribution in [1.29, 1.82) is 0 Å². The van der Waals surface area contributed by atoms with Gasteiger partial charge in [-0.3, -0.25) is 0 Å². The Hall–Kier alpha value is -1.42. The Morgan fingerprint density at radius 3 is 3.06 bits per heavy atom. The molecule has 2 nitrogen and oxygen atoms in total. The lowest BCUT2D eigenvalue weighted by atomic mass is 10.3. The van der Waals surface area contributed by atoms with Gasteiger partial charge >= 0.3 is 0 Å². The van der Waals surface area contributed by atoms with Crippen LogP contribution in [0.5, 0.6) is 0 Å². The van der Waals surface area contributed by atoms with E-state index in [4.69, 9.17) is 12.2 Å². The zero-order valence-corrected chi connectivity index (χ0v) is 9.85. The minimum absolute atomic E-state index is 0.235. The van der Waals surface area contributed by atoms with Crippen LogP contribution in [0, 0.1) is 10.6 Å². The van der Waals surface area contributed by atoms with Crippen LogP contribution in [-0.4, -0.2) is 9.55 Å². The van der Waals surface area contributed by atoms with Gasteiger partial charge in [-0.1, -0.05) is 12.2 Å². The van der Waals surface area contributed by atoms with Gasteiger partial charge in [0.25, 0.3) is 0 Å². The first-order valence-electron chi connectivity index (χ1n) is 5.21. The van der Waals surface area contributed by atoms with Crippen molar-refractivity contribution < 1.29 is 4.39 Å². The summed E-state index contributed by atoms with van der Waals surface area (Å²) < 4.78 is 15.7. The molecule has 0 fully saturated rings. The van der Waals surface area contributed by atoms with E-state index in [0.29, 0.717) is 4.77 Å². The SMILES string of the molecule is C/C=C/CCn1c(=S)[nH]c2ccc(F)cc21. The number of hydrogen-bond donors (Lipinski definition) is 1. The average molecular weight is 236 g/mol. The fraction of sp³-hybridized carbons (Fsp3) is 0.250. The molecular formula is C12H13FN2S. The molecule has 84 valence electrons. The molecule has 1 N–H and O–H groups in total. The zero-order valence-electron chi connectivity index (χ0n) is 9.03. The molecule has 1 heterocycles. The first-order chi connectivity index (χ1) is 7.72. The van der Waals surface area contributed by atoms with E-state index in [9.17, 15) is 4.39 Å². The van der Waals surface area contributed by atoms with Gasteiger partial charge in [-0.2, -0.15) is 0 Å². The molecule has 1 aromatic heterocycles. The second kappa shape index (κ2) is 4.61. The summed E-state index contributed by atoms with van der Waals surface area (Å²) in [7, 11) is 0. The van der Waals surface area contributed by atoms with Gasteiger partial charge in [0.15, 0.2) is 4.77 Å². The van der Waals surface area contributed by atoms with Crippen molar-refractivity contribution in [3.63, 3.8) is 0 Å². The summed E-state index contributed by atoms with van der Waals surface area (Å²) in [5, 5.41) is 0. The molecule has 2 rings (SSSR count). The predicted molar refractivity (Wildman–Crippen MR) is 66.5 cm³/mol. The van der Waals surface area contributed by atoms with E-state index >= 15 is 0 Å². The number of fused-ring (bicyclic) bond motifs is 1. The van der Waals surface area contributed by atoms with Gasteiger partial charge in [0.2, 0.25) is 0 Å². The van der Waals surface area contributed by atoms with Gasteiger partial charge in [-0.05, 0) is 43.8 Å². The van der Waals surface area contributed by atoms with Crippen LogP contribution in [0.1, 0.15) is 13.3 Å². The van der Waals surface area contributed by atoms with Gasteiger partial charge in [0.05, 0.1) is 11.0 Å². The zero-order chi connectivity index (χ0) is 11.5. The average Bonchev–Trinajstić information content (AvgIpc) is 2.56. The number of aryl methyl sites for hydroxylation is 1. The van der Waals surface area contributed by atoms with Gasteiger partial charge in [0.1, 0.15) is 5.82 Å². The van der Waals surface area contributed by atoms with Gasteiger partial charge < -0.3 is 9.55 Å². The van der Waals surface area contributed by atoms with Crippen LogP contribution in [-0.2, 0) is 6.54 Å². The van der Waals surface area contributed by atoms with Crippen LogP contribution < -0.4 is 0 Å². The van der Waals surface area contributed by atoms with E-state index in [1.54, 1.807) is 6.07 Å². The highest BCUT2D eigenvalue weighted by atomic mass is 32.1. The monoisotopic (exact) mass is 236 g/mol. The van der Waals surface area contributed by atoms with E-state index in [2.05, 4.69) is 11.1 Å². The summed E-state index contributed by atoms with van der Waals surface area (Å²) in [6, 6.07) is 4.66. The molecule has 0 aliphatic heterocycles. The van der Waals surface area contributed by atoms with E-state index in [-0.39, 0.29) is 5.82 Å². The number of H-pyrrole nitrogens is 1. The van der Waals surface area contributed by atoms with Gasteiger partial charge in [0, 0.05) is 6.54 Å². The number of aromatic amines is 1. The number of imidazole rings is 1. The number of hydrogen-bond acceptors (Lipinski definition) is 1. The van der Waals surface area contributed by atoms with E-state index < -0.39 is 0 Å². The summed E-state index contributed by atoms with van der Waals surface area (Å²) in [5.41, 5.74) is 1.71. The molecule has 0 atom stereocenters. The molecule has 0 spiro atoms. The van der Waals surface area contributed by atoms with Crippen LogP contribution in [0.3, 0.4) is 0 Å². The summed E-state index contributed by atoms with van der Waals surface area (Å²) >= 11 is 5.21. The number of nitrogens with zero attached hydrogens (tertiary/aromatic N) is 1. The Balaban J connectivity index is 2.46. The first-order valence-corrected chi connectivity index (χ1v) is 5.62. The molecule has 0 unspecified atom stereocenters. The molecule has 1 aromatic carbocycles. The first kappa shape index (κ1) is 11.1. The standard InChI is InChI=1S/C12H13FN2S/c1-2-3-4-7-15-11-8-9(13)5-6-10(11)14-12(15)16/h2-3,5-6,8H,4,7H2,1H3,(H,14,16)/b3-2+. The third kappa shape index (κ3) is 2.07. The highest BCUT2D eigenvalue weighted by molar-refractivity contribution is 7.71. The van der Waals surface area contributed by atoms with Crippen molar-refractivity contribution in [3.8, 4) is 0 Å². The molecule has 0 radical (unpaired) electrons. The molecule has 0 saturated heterocycles. The Morgan fingerprint density at radius 1 is 1.50 bits per heavy atom. The summed E-state index contributed by atoms with van der Waals surface area (Å²) in [6.45, 7) is 2.75. The van der Waals surface area contributed by atoms with Crippen LogP contribution in [0.4, 0.5) is 4.39 Å². The van der Waals surface area contributed by atoms with Crippen molar-refractivity contribution in [1.82, 2.24) is 9.55 Å². The predicted octanol–water partition coefficient (Wildman–Crippen LogP) is 3.80. The molecular weight excluding hydrogens is 223 g/mol. The Labute approximate surface area is 98.4 Å². The van der Waals surface area contributed by atoms with E-state index in [1.807, 2.05) is 17.6 Å². The van der Waals surface area contributed by atoms with E-state index in [1.165, 1.54) is 12.1 Å². The van der Waals surface area contributed by atoms with Crippen molar-refractivity contribution >= 4 is 23.3 Å². The third-order valence-electron chi connectivity index (χ3n) is 2.49. The number of allylic oxidation sites excluding steroid dienone is 2. The minimum atomic E-state index is -0.235. The fourth-order valence-electron chi connectivity index (χ4n) is 1.72. The molecule has 0 bridgehead atoms. The minimum Gasteiger partial charge on any atom is -0.331 e. The van der Waals surface area contributed by atoms with Crippen molar-refractivity contribution in [3.05, 3.63) is 40.9 Å². The number of rotatable bonds is 3. The normalized spacial score (nSPS) is 11.6. The summed E-state index contributed by atoms with van der Waals surface area (Å²) in [4.78, 5) is 3.07. The number of aromatic nitrogens is 2. The van der Waals surface area contributed by atoms with Crippen molar-refractivity contribution in [2.24, 2.45) is 0 Å². The summed E-state index contributed by atoms with van der Waals surface area (Å²) in [5.74, 6) is -0.235. The highest BCUT2D eigenvalue weighted by Crippen LogP contribution is 2.16. The fourth-order valence-corrected chi connectivity index (χ4v) is 2.02. The Kier molecular flexibility index (Phi) is 3.19. The maximum atomic E-state index is 13.1. The second-order valence-corrected chi connectivity index (χ2v) is 3.99. The number of halogens is 1. The maximum absolute atomic E-state index is 13.1. The second-order valence-electron chi connectivity index (χ2n) is 3.60. The molecule has 2 aromatic rings. The smallest absolute Gasteiger partial charge is 0.178 e. The third-order valence-corrected chi connectivity index (χ3v) is 2.81. The largest absolute Gasteiger partial charge is 0.331 e. The molecule has 0 saturated carbocycles. The van der Waals surface area contributed by atoms with Gasteiger partial charge in [-0.15, -0.1) is 0 Å². The molecule has 0 aliphatic rings. The topological polar surface area (TPSA) is 20.7 Å². The highest BCUT2D eigenvalue weighted by Gasteiger charge is 2.04. The van der Waals surface area contributed by atoms with Crippen molar-refractivity contribution in [2.45, 2.75) is 19.9 Å². The van der Waals surface area contributed by atoms with Crippen LogP contribution in [0.2, 0.25) is 0 Å². The quantitative estimate of drug-likeness (QED) is 0.635. The number of nitrogens with one attached hydrogen (secondary N) is 1. The molecule has 4 heteroatoms. The lowest BCUT2D eigenvalue weighted by Crippen LogP contribution is -1.96. The Morgan fingerprint density at radius 2 is 2.31 bits per heavy atom. The molecule has 0 aliphatic carbocycles.